The van der Waals surface area contributed by atoms with Crippen molar-refractivity contribution in [2.45, 2.75) is 45.8 Å². The highest BCUT2D eigenvalue weighted by atomic mass is 16.5. The Labute approximate surface area is 167 Å². The van der Waals surface area contributed by atoms with Gasteiger partial charge in [0.1, 0.15) is 16.8 Å². The average Bonchev–Trinajstić information content (AvgIpc) is 3.23. The lowest BCUT2D eigenvalue weighted by atomic mass is 10.1. The Bertz CT molecular complexity index is 1200. The number of fused-ring (bicyclic) bond motifs is 2. The number of nitrogens with one attached hydrogen (secondary N) is 2. The van der Waals surface area contributed by atoms with Gasteiger partial charge in [0, 0.05) is 25.9 Å². The van der Waals surface area contributed by atoms with Gasteiger partial charge in [0.15, 0.2) is 0 Å². The zero-order chi connectivity index (χ0) is 20.5. The predicted octanol–water partition coefficient (Wildman–Crippen LogP) is 1.76. The van der Waals surface area contributed by atoms with E-state index < -0.39 is 0 Å². The number of aromatic nitrogens is 3. The Balaban J connectivity index is 1.86. The van der Waals surface area contributed by atoms with Gasteiger partial charge in [0.2, 0.25) is 0 Å². The van der Waals surface area contributed by atoms with Crippen molar-refractivity contribution < 1.29 is 9.53 Å². The molecule has 1 amide bonds. The first-order chi connectivity index (χ1) is 14.0. The molecule has 2 N–H and O–H groups in total. The lowest BCUT2D eigenvalue weighted by molar-refractivity contribution is 0.0855. The molecule has 8 heteroatoms. The van der Waals surface area contributed by atoms with Crippen molar-refractivity contribution in [3.8, 4) is 0 Å². The minimum absolute atomic E-state index is 0.00978. The molecule has 0 aromatic carbocycles. The topological polar surface area (TPSA) is 101 Å². The zero-order valence-electron chi connectivity index (χ0n) is 16.7. The minimum Gasteiger partial charge on any atom is -0.376 e. The maximum Gasteiger partial charge on any atom is 0.267 e. The third-order valence-electron chi connectivity index (χ3n) is 5.26. The van der Waals surface area contributed by atoms with Crippen molar-refractivity contribution in [3.63, 3.8) is 0 Å². The van der Waals surface area contributed by atoms with Crippen LogP contribution in [-0.4, -0.2) is 39.1 Å². The average molecular weight is 395 g/mol. The summed E-state index contributed by atoms with van der Waals surface area (Å²) in [5.41, 5.74) is 1.89. The van der Waals surface area contributed by atoms with Crippen molar-refractivity contribution in [1.29, 1.82) is 5.41 Å². The van der Waals surface area contributed by atoms with E-state index in [1.807, 2.05) is 19.9 Å². The number of nitrogens with zero attached hydrogens (tertiary/aromatic N) is 3. The fraction of sp³-hybridized carbons (Fsp3) is 0.429. The van der Waals surface area contributed by atoms with Crippen molar-refractivity contribution in [2.24, 2.45) is 0 Å². The molecule has 3 aromatic rings. The van der Waals surface area contributed by atoms with Gasteiger partial charge in [0.05, 0.1) is 17.1 Å². The van der Waals surface area contributed by atoms with Gasteiger partial charge >= 0.3 is 0 Å². The lowest BCUT2D eigenvalue weighted by Gasteiger charge is -2.15. The molecular weight excluding hydrogens is 370 g/mol. The van der Waals surface area contributed by atoms with Crippen LogP contribution in [0, 0.1) is 12.3 Å². The molecule has 0 unspecified atom stereocenters. The zero-order valence-corrected chi connectivity index (χ0v) is 16.7. The quantitative estimate of drug-likeness (QED) is 0.643. The van der Waals surface area contributed by atoms with Gasteiger partial charge < -0.3 is 14.6 Å². The number of hydrogen-bond donors (Lipinski definition) is 2. The molecule has 3 aromatic heterocycles. The molecule has 1 fully saturated rings. The van der Waals surface area contributed by atoms with Crippen molar-refractivity contribution in [2.75, 3.05) is 13.2 Å². The molecule has 4 heterocycles. The molecule has 152 valence electrons. The van der Waals surface area contributed by atoms with Crippen molar-refractivity contribution >= 4 is 22.6 Å². The van der Waals surface area contributed by atoms with Gasteiger partial charge in [0.25, 0.3) is 11.5 Å². The van der Waals surface area contributed by atoms with Gasteiger partial charge in [-0.25, -0.2) is 4.98 Å². The molecule has 1 atom stereocenters. The molecule has 29 heavy (non-hydrogen) atoms. The number of amides is 1. The van der Waals surface area contributed by atoms with Gasteiger partial charge in [-0.15, -0.1) is 0 Å². The van der Waals surface area contributed by atoms with E-state index in [4.69, 9.17) is 10.1 Å². The third kappa shape index (κ3) is 3.55. The number of carbonyl (C=O) groups excluding carboxylic acids is 1. The van der Waals surface area contributed by atoms with Gasteiger partial charge in [-0.1, -0.05) is 13.0 Å². The molecule has 0 spiro atoms. The maximum absolute atomic E-state index is 13.1. The number of ether oxygens (including phenoxy) is 1. The van der Waals surface area contributed by atoms with Crippen LogP contribution in [0.3, 0.4) is 0 Å². The van der Waals surface area contributed by atoms with E-state index in [0.29, 0.717) is 36.4 Å². The van der Waals surface area contributed by atoms with E-state index in [1.165, 1.54) is 10.5 Å². The monoisotopic (exact) mass is 395 g/mol. The second-order valence-electron chi connectivity index (χ2n) is 7.49. The summed E-state index contributed by atoms with van der Waals surface area (Å²) in [5, 5.41) is 11.8. The number of carbonyl (C=O) groups is 1. The largest absolute Gasteiger partial charge is 0.376 e. The summed E-state index contributed by atoms with van der Waals surface area (Å²) in [6.07, 6.45) is 4.40. The van der Waals surface area contributed by atoms with Crippen LogP contribution in [0.5, 0.6) is 0 Å². The van der Waals surface area contributed by atoms with Gasteiger partial charge in [-0.3, -0.25) is 19.4 Å². The Morgan fingerprint density at radius 3 is 2.97 bits per heavy atom. The van der Waals surface area contributed by atoms with E-state index in [1.54, 1.807) is 16.8 Å². The first-order valence-corrected chi connectivity index (χ1v) is 10.0. The number of rotatable bonds is 5. The van der Waals surface area contributed by atoms with Crippen LogP contribution in [0.25, 0.3) is 16.7 Å². The second-order valence-corrected chi connectivity index (χ2v) is 7.49. The fourth-order valence-electron chi connectivity index (χ4n) is 3.76. The molecule has 0 saturated carbocycles. The van der Waals surface area contributed by atoms with E-state index in [-0.39, 0.29) is 28.6 Å². The van der Waals surface area contributed by atoms with Crippen LogP contribution in [0.1, 0.15) is 42.1 Å². The van der Waals surface area contributed by atoms with Crippen molar-refractivity contribution in [1.82, 2.24) is 19.3 Å². The van der Waals surface area contributed by atoms with Crippen LogP contribution in [0.15, 0.2) is 29.2 Å². The summed E-state index contributed by atoms with van der Waals surface area (Å²) in [5.74, 6) is -0.369. The van der Waals surface area contributed by atoms with Crippen molar-refractivity contribution in [3.05, 3.63) is 51.4 Å². The Hall–Kier alpha value is -3.00. The molecule has 0 radical (unpaired) electrons. The molecule has 8 nitrogen and oxygen atoms in total. The highest BCUT2D eigenvalue weighted by molar-refractivity contribution is 5.96. The summed E-state index contributed by atoms with van der Waals surface area (Å²) in [6.45, 7) is 5.50. The van der Waals surface area contributed by atoms with E-state index in [2.05, 4.69) is 10.3 Å². The highest BCUT2D eigenvalue weighted by Crippen LogP contribution is 2.13. The van der Waals surface area contributed by atoms with Crippen LogP contribution < -0.4 is 16.4 Å². The Morgan fingerprint density at radius 1 is 1.41 bits per heavy atom. The molecule has 1 aliphatic heterocycles. The second kappa shape index (κ2) is 7.79. The summed E-state index contributed by atoms with van der Waals surface area (Å²) in [4.78, 5) is 30.6. The van der Waals surface area contributed by atoms with Crippen LogP contribution in [-0.2, 0) is 11.3 Å². The molecule has 0 bridgehead atoms. The fourth-order valence-corrected chi connectivity index (χ4v) is 3.76. The Morgan fingerprint density at radius 2 is 2.24 bits per heavy atom. The van der Waals surface area contributed by atoms with Crippen LogP contribution in [0.4, 0.5) is 0 Å². The maximum atomic E-state index is 13.1. The summed E-state index contributed by atoms with van der Waals surface area (Å²) in [7, 11) is 0. The molecule has 1 saturated heterocycles. The molecular formula is C21H25N5O3. The summed E-state index contributed by atoms with van der Waals surface area (Å²) >= 11 is 0. The minimum atomic E-state index is -0.369. The van der Waals surface area contributed by atoms with E-state index in [0.717, 1.165) is 24.8 Å². The van der Waals surface area contributed by atoms with Gasteiger partial charge in [-0.2, -0.15) is 0 Å². The highest BCUT2D eigenvalue weighted by Gasteiger charge is 2.20. The van der Waals surface area contributed by atoms with Crippen LogP contribution >= 0.6 is 0 Å². The lowest BCUT2D eigenvalue weighted by Crippen LogP contribution is -2.37. The smallest absolute Gasteiger partial charge is 0.267 e. The van der Waals surface area contributed by atoms with E-state index >= 15 is 0 Å². The predicted molar refractivity (Wildman–Crippen MR) is 109 cm³/mol. The number of hydrogen-bond acceptors (Lipinski definition) is 5. The number of pyridine rings is 2. The first kappa shape index (κ1) is 19.3. The standard InChI is InChI=1S/C21H25N5O3/c1-3-8-25-18(22)15(20(27)23-11-14-5-4-9-29-14)10-16-19(25)24-17-7-6-13(2)12-26(17)21(16)28/h6-7,10,12,14,22H,3-5,8-9,11H2,1-2H3,(H,23,27)/t14-/m0/s1. The third-order valence-corrected chi connectivity index (χ3v) is 5.26. The van der Waals surface area contributed by atoms with Crippen LogP contribution in [0.2, 0.25) is 0 Å². The summed E-state index contributed by atoms with van der Waals surface area (Å²) < 4.78 is 8.69. The SMILES string of the molecule is CCCn1c(=N)c(C(=O)NC[C@@H]2CCCO2)cc2c(=O)n3cc(C)ccc3nc21. The Kier molecular flexibility index (Phi) is 5.19. The number of aryl methyl sites for hydroxylation is 2. The van der Waals surface area contributed by atoms with E-state index in [9.17, 15) is 9.59 Å². The summed E-state index contributed by atoms with van der Waals surface area (Å²) in [6, 6.07) is 5.18. The molecule has 1 aliphatic rings. The molecule has 0 aliphatic carbocycles. The first-order valence-electron chi connectivity index (χ1n) is 10.0. The van der Waals surface area contributed by atoms with Gasteiger partial charge in [-0.05, 0) is 43.9 Å². The normalized spacial score (nSPS) is 16.6. The molecule has 4 rings (SSSR count).